The molecule has 44 heavy (non-hydrogen) atoms. The van der Waals surface area contributed by atoms with Crippen molar-refractivity contribution in [1.82, 2.24) is 20.1 Å². The lowest BCUT2D eigenvalue weighted by molar-refractivity contribution is -0.135. The topological polar surface area (TPSA) is 101 Å². The third kappa shape index (κ3) is 6.54. The van der Waals surface area contributed by atoms with Crippen LogP contribution in [-0.4, -0.2) is 67.2 Å². The molecule has 1 N–H and O–H groups in total. The van der Waals surface area contributed by atoms with Crippen molar-refractivity contribution in [2.75, 3.05) is 26.5 Å². The van der Waals surface area contributed by atoms with E-state index >= 15 is 0 Å². The number of aryl methyl sites for hydroxylation is 1. The molecule has 1 aromatic heterocycles. The second kappa shape index (κ2) is 12.6. The number of ether oxygens (including phenoxy) is 2. The van der Waals surface area contributed by atoms with Gasteiger partial charge in [0.25, 0.3) is 11.8 Å². The van der Waals surface area contributed by atoms with Crippen molar-refractivity contribution in [3.05, 3.63) is 83.0 Å². The third-order valence-electron chi connectivity index (χ3n) is 7.86. The summed E-state index contributed by atoms with van der Waals surface area (Å²) in [5.74, 6) is 5.49. The summed E-state index contributed by atoms with van der Waals surface area (Å²) in [4.78, 5) is 48.3. The summed E-state index contributed by atoms with van der Waals surface area (Å²) in [5.41, 5.74) is 3.17. The van der Waals surface area contributed by atoms with Crippen LogP contribution in [0.2, 0.25) is 25.7 Å². The largest absolute Gasteiger partial charge is 0.481 e. The molecule has 3 heterocycles. The first-order valence-corrected chi connectivity index (χ1v) is 18.4. The second-order valence-electron chi connectivity index (χ2n) is 12.4. The number of fused-ring (bicyclic) bond motifs is 1. The molecule has 3 aromatic rings. The van der Waals surface area contributed by atoms with Gasteiger partial charge in [0.1, 0.15) is 19.1 Å². The van der Waals surface area contributed by atoms with E-state index in [4.69, 9.17) is 9.47 Å². The molecule has 228 valence electrons. The number of rotatable bonds is 11. The van der Waals surface area contributed by atoms with Gasteiger partial charge < -0.3 is 19.7 Å². The second-order valence-corrected chi connectivity index (χ2v) is 18.0. The fourth-order valence-electron chi connectivity index (χ4n) is 5.33. The zero-order valence-corrected chi connectivity index (χ0v) is 26.9. The van der Waals surface area contributed by atoms with Crippen molar-refractivity contribution in [1.29, 1.82) is 0 Å². The van der Waals surface area contributed by atoms with Gasteiger partial charge in [0, 0.05) is 38.5 Å². The zero-order chi connectivity index (χ0) is 31.5. The van der Waals surface area contributed by atoms with Crippen molar-refractivity contribution in [3.63, 3.8) is 0 Å². The number of carbonyl (C=O) groups is 3. The van der Waals surface area contributed by atoms with Gasteiger partial charge >= 0.3 is 6.03 Å². The summed E-state index contributed by atoms with van der Waals surface area (Å²) in [6, 6.07) is 17.1. The Bertz CT molecular complexity index is 1640. The van der Waals surface area contributed by atoms with E-state index in [2.05, 4.69) is 41.8 Å². The lowest BCUT2D eigenvalue weighted by Gasteiger charge is -2.32. The number of hydrogen-bond acceptors (Lipinski definition) is 6. The van der Waals surface area contributed by atoms with Gasteiger partial charge in [-0.25, -0.2) is 9.69 Å². The average molecular weight is 611 g/mol. The van der Waals surface area contributed by atoms with Crippen LogP contribution in [0.15, 0.2) is 60.8 Å². The number of nitrogens with one attached hydrogen (secondary N) is 1. The van der Waals surface area contributed by atoms with Crippen LogP contribution in [0, 0.1) is 18.8 Å². The summed E-state index contributed by atoms with van der Waals surface area (Å²) in [6.07, 6.45) is 1.76. The minimum absolute atomic E-state index is 0.0456. The molecule has 0 radical (unpaired) electrons. The molecule has 2 aromatic carbocycles. The first-order chi connectivity index (χ1) is 21.0. The molecule has 2 aliphatic rings. The van der Waals surface area contributed by atoms with Crippen molar-refractivity contribution in [2.45, 2.75) is 51.6 Å². The molecule has 10 heteroatoms. The maximum absolute atomic E-state index is 14.2. The Kier molecular flexibility index (Phi) is 8.90. The molecule has 0 saturated carbocycles. The standard InChI is InChI=1S/C34H38N4O5Si/c1-6-7-16-43-28-13-10-26-21-37(31(39)29(26)20-28)22-34(27-11-8-25(9-12-27)30-19-24(2)14-15-35-30)32(40)38(33(41)36-34)23-42-17-18-44(3,4)5/h8-15,19-20H,16-18,21-23H2,1-5H3,(H,36,41)/t34-/m0/s1. The summed E-state index contributed by atoms with van der Waals surface area (Å²) in [5, 5.41) is 2.95. The lowest BCUT2D eigenvalue weighted by atomic mass is 9.88. The van der Waals surface area contributed by atoms with Gasteiger partial charge in [-0.2, -0.15) is 0 Å². The Morgan fingerprint density at radius 2 is 1.82 bits per heavy atom. The van der Waals surface area contributed by atoms with Crippen molar-refractivity contribution < 1.29 is 23.9 Å². The maximum atomic E-state index is 14.2. The summed E-state index contributed by atoms with van der Waals surface area (Å²) in [7, 11) is -1.36. The summed E-state index contributed by atoms with van der Waals surface area (Å²) in [6.45, 7) is 11.2. The number of carbonyl (C=O) groups excluding carboxylic acids is 3. The molecule has 0 unspecified atom stereocenters. The van der Waals surface area contributed by atoms with E-state index in [1.807, 2.05) is 55.5 Å². The average Bonchev–Trinajstić information content (AvgIpc) is 3.42. The Morgan fingerprint density at radius 3 is 2.52 bits per heavy atom. The van der Waals surface area contributed by atoms with Gasteiger partial charge in [-0.15, -0.1) is 5.92 Å². The molecule has 0 bridgehead atoms. The highest BCUT2D eigenvalue weighted by Gasteiger charge is 2.54. The van der Waals surface area contributed by atoms with Crippen LogP contribution in [0.4, 0.5) is 4.79 Å². The quantitative estimate of drug-likeness (QED) is 0.139. The number of imide groups is 1. The Balaban J connectivity index is 1.43. The van der Waals surface area contributed by atoms with Gasteiger partial charge in [-0.1, -0.05) is 55.9 Å². The van der Waals surface area contributed by atoms with E-state index in [1.165, 1.54) is 0 Å². The number of nitrogens with zero attached hydrogens (tertiary/aromatic N) is 3. The van der Waals surface area contributed by atoms with Gasteiger partial charge in [0.2, 0.25) is 0 Å². The molecule has 0 aliphatic carbocycles. The normalized spacial score (nSPS) is 17.8. The van der Waals surface area contributed by atoms with E-state index in [9.17, 15) is 14.4 Å². The first kappa shape index (κ1) is 31.0. The number of hydrogen-bond donors (Lipinski definition) is 1. The Morgan fingerprint density at radius 1 is 1.05 bits per heavy atom. The Hall–Kier alpha value is -4.46. The van der Waals surface area contributed by atoms with Crippen molar-refractivity contribution in [3.8, 4) is 28.8 Å². The molecule has 0 spiro atoms. The fourth-order valence-corrected chi connectivity index (χ4v) is 6.08. The Labute approximate surface area is 259 Å². The molecular weight excluding hydrogens is 572 g/mol. The van der Waals surface area contributed by atoms with Crippen LogP contribution < -0.4 is 10.1 Å². The minimum Gasteiger partial charge on any atom is -0.481 e. The van der Waals surface area contributed by atoms with E-state index < -0.39 is 25.6 Å². The lowest BCUT2D eigenvalue weighted by Crippen LogP contribution is -2.53. The van der Waals surface area contributed by atoms with Crippen molar-refractivity contribution in [2.24, 2.45) is 0 Å². The monoisotopic (exact) mass is 610 g/mol. The van der Waals surface area contributed by atoms with Gasteiger partial charge in [-0.05, 0) is 60.8 Å². The molecule has 5 rings (SSSR count). The summed E-state index contributed by atoms with van der Waals surface area (Å²) >= 11 is 0. The van der Waals surface area contributed by atoms with E-state index in [1.54, 1.807) is 24.1 Å². The van der Waals surface area contributed by atoms with Gasteiger partial charge in [0.15, 0.2) is 5.54 Å². The number of aromatic nitrogens is 1. The number of benzene rings is 2. The third-order valence-corrected chi connectivity index (χ3v) is 9.56. The van der Waals surface area contributed by atoms with E-state index in [0.29, 0.717) is 30.0 Å². The number of amides is 4. The van der Waals surface area contributed by atoms with Crippen LogP contribution in [0.25, 0.3) is 11.3 Å². The smallest absolute Gasteiger partial charge is 0.327 e. The molecular formula is C34H38N4O5Si. The molecule has 1 atom stereocenters. The van der Waals surface area contributed by atoms with Crippen LogP contribution in [0.5, 0.6) is 5.75 Å². The fraction of sp³-hybridized carbons (Fsp3) is 0.353. The molecule has 2 aliphatic heterocycles. The molecule has 1 fully saturated rings. The van der Waals surface area contributed by atoms with E-state index in [-0.39, 0.29) is 25.8 Å². The minimum atomic E-state index is -1.49. The molecule has 1 saturated heterocycles. The van der Waals surface area contributed by atoms with Crippen molar-refractivity contribution >= 4 is 25.9 Å². The highest BCUT2D eigenvalue weighted by molar-refractivity contribution is 6.76. The molecule has 9 nitrogen and oxygen atoms in total. The van der Waals surface area contributed by atoms with Gasteiger partial charge in [-0.3, -0.25) is 14.6 Å². The first-order valence-electron chi connectivity index (χ1n) is 14.7. The maximum Gasteiger partial charge on any atom is 0.327 e. The highest BCUT2D eigenvalue weighted by Crippen LogP contribution is 2.35. The highest BCUT2D eigenvalue weighted by atomic mass is 28.3. The van der Waals surface area contributed by atoms with Crippen LogP contribution in [-0.2, 0) is 21.6 Å². The number of pyridine rings is 1. The predicted octanol–water partition coefficient (Wildman–Crippen LogP) is 5.17. The zero-order valence-electron chi connectivity index (χ0n) is 25.9. The van der Waals surface area contributed by atoms with Crippen LogP contribution >= 0.6 is 0 Å². The van der Waals surface area contributed by atoms with Gasteiger partial charge in [0.05, 0.1) is 12.2 Å². The molecule has 4 amide bonds. The van der Waals surface area contributed by atoms with E-state index in [0.717, 1.165) is 33.3 Å². The number of urea groups is 1. The SMILES string of the molecule is CC#CCOc1ccc2c(c1)C(=O)N(C[C@@]1(c3ccc(-c4cc(C)ccn4)cc3)NC(=O)N(COCC[Si](C)(C)C)C1=O)C2. The van der Waals surface area contributed by atoms with Crippen LogP contribution in [0.3, 0.4) is 0 Å². The predicted molar refractivity (Wildman–Crippen MR) is 171 cm³/mol. The van der Waals surface area contributed by atoms with Crippen LogP contribution in [0.1, 0.15) is 34.0 Å². The summed E-state index contributed by atoms with van der Waals surface area (Å²) < 4.78 is 11.5.